The molecule has 0 amide bonds. The number of benzene rings is 2. The fourth-order valence-corrected chi connectivity index (χ4v) is 2.15. The number of nitrogens with two attached hydrogens (primary N) is 1. The van der Waals surface area contributed by atoms with Crippen molar-refractivity contribution >= 4 is 51.9 Å². The summed E-state index contributed by atoms with van der Waals surface area (Å²) < 4.78 is 0. The van der Waals surface area contributed by atoms with Gasteiger partial charge >= 0.3 is 0 Å². The first-order valence-corrected chi connectivity index (χ1v) is 6.39. The molecule has 5 heteroatoms. The predicted molar refractivity (Wildman–Crippen MR) is 80.3 cm³/mol. The molecule has 0 saturated carbocycles. The number of hydrogen-bond acceptors (Lipinski definition) is 2. The Balaban J connectivity index is 2.40. The van der Waals surface area contributed by atoms with Crippen molar-refractivity contribution in [3.8, 4) is 0 Å². The van der Waals surface area contributed by atoms with E-state index in [9.17, 15) is 0 Å². The molecule has 0 radical (unpaired) electrons. The van der Waals surface area contributed by atoms with Crippen LogP contribution in [0.4, 0.5) is 17.1 Å². The van der Waals surface area contributed by atoms with E-state index in [1.54, 1.807) is 12.1 Å². The van der Waals surface area contributed by atoms with Crippen LogP contribution in [0, 0.1) is 6.92 Å². The van der Waals surface area contributed by atoms with Crippen molar-refractivity contribution in [1.29, 1.82) is 0 Å². The van der Waals surface area contributed by atoms with Gasteiger partial charge in [-0.1, -0.05) is 40.9 Å². The second-order valence-electron chi connectivity index (χ2n) is 3.89. The minimum Gasteiger partial charge on any atom is -0.398 e. The highest BCUT2D eigenvalue weighted by Crippen LogP contribution is 2.35. The highest BCUT2D eigenvalue weighted by Gasteiger charge is 2.08. The van der Waals surface area contributed by atoms with Gasteiger partial charge in [0.05, 0.1) is 20.8 Å². The third-order valence-electron chi connectivity index (χ3n) is 2.65. The van der Waals surface area contributed by atoms with Crippen molar-refractivity contribution in [2.45, 2.75) is 6.92 Å². The van der Waals surface area contributed by atoms with Gasteiger partial charge in [0.25, 0.3) is 0 Å². The summed E-state index contributed by atoms with van der Waals surface area (Å²) >= 11 is 18.0. The third-order valence-corrected chi connectivity index (χ3v) is 3.69. The molecule has 0 unspecified atom stereocenters. The van der Waals surface area contributed by atoms with Gasteiger partial charge in [0.15, 0.2) is 0 Å². The molecule has 2 nitrogen and oxygen atoms in total. The molecule has 2 aromatic rings. The van der Waals surface area contributed by atoms with Crippen molar-refractivity contribution in [1.82, 2.24) is 0 Å². The molecule has 0 spiro atoms. The molecule has 2 rings (SSSR count). The normalized spacial score (nSPS) is 10.4. The summed E-state index contributed by atoms with van der Waals surface area (Å²) in [6.45, 7) is 1.93. The van der Waals surface area contributed by atoms with Crippen LogP contribution < -0.4 is 11.1 Å². The Bertz CT molecular complexity index is 597. The molecule has 18 heavy (non-hydrogen) atoms. The lowest BCUT2D eigenvalue weighted by atomic mass is 10.1. The average molecular weight is 302 g/mol. The summed E-state index contributed by atoms with van der Waals surface area (Å²) in [5.74, 6) is 0. The maximum Gasteiger partial charge on any atom is 0.0656 e. The van der Waals surface area contributed by atoms with Crippen molar-refractivity contribution in [3.63, 3.8) is 0 Å². The first-order valence-electron chi connectivity index (χ1n) is 5.25. The SMILES string of the molecule is Cc1c(N)cccc1Nc1cc(Cl)c(Cl)cc1Cl. The Morgan fingerprint density at radius 1 is 0.944 bits per heavy atom. The first-order chi connectivity index (χ1) is 8.49. The molecular weight excluding hydrogens is 291 g/mol. The van der Waals surface area contributed by atoms with E-state index in [2.05, 4.69) is 5.32 Å². The number of hydrogen-bond donors (Lipinski definition) is 2. The van der Waals surface area contributed by atoms with Crippen LogP contribution in [-0.2, 0) is 0 Å². The van der Waals surface area contributed by atoms with Gasteiger partial charge in [-0.2, -0.15) is 0 Å². The Labute approximate surface area is 121 Å². The third kappa shape index (κ3) is 2.66. The Hall–Kier alpha value is -1.09. The minimum absolute atomic E-state index is 0.427. The van der Waals surface area contributed by atoms with Gasteiger partial charge in [-0.15, -0.1) is 0 Å². The van der Waals surface area contributed by atoms with Crippen LogP contribution in [0.25, 0.3) is 0 Å². The molecular formula is C13H11Cl3N2. The zero-order chi connectivity index (χ0) is 13.3. The standard InChI is InChI=1S/C13H11Cl3N2/c1-7-11(17)3-2-4-12(7)18-13-6-9(15)8(14)5-10(13)16/h2-6,18H,17H2,1H3. The highest BCUT2D eigenvalue weighted by atomic mass is 35.5. The molecule has 0 heterocycles. The molecule has 0 aromatic heterocycles. The maximum atomic E-state index is 6.11. The lowest BCUT2D eigenvalue weighted by Gasteiger charge is -2.13. The Kier molecular flexibility index (Phi) is 3.91. The van der Waals surface area contributed by atoms with E-state index in [1.165, 1.54) is 0 Å². The lowest BCUT2D eigenvalue weighted by Crippen LogP contribution is -1.97. The molecule has 0 saturated heterocycles. The highest BCUT2D eigenvalue weighted by molar-refractivity contribution is 6.44. The molecule has 0 aliphatic carbocycles. The zero-order valence-electron chi connectivity index (χ0n) is 9.60. The van der Waals surface area contributed by atoms with E-state index in [0.717, 1.165) is 16.9 Å². The van der Waals surface area contributed by atoms with Crippen molar-refractivity contribution in [2.75, 3.05) is 11.1 Å². The molecule has 0 fully saturated rings. The summed E-state index contributed by atoms with van der Waals surface area (Å²) in [7, 11) is 0. The largest absolute Gasteiger partial charge is 0.398 e. The topological polar surface area (TPSA) is 38.0 Å². The Morgan fingerprint density at radius 3 is 2.33 bits per heavy atom. The van der Waals surface area contributed by atoms with E-state index < -0.39 is 0 Å². The van der Waals surface area contributed by atoms with Gasteiger partial charge in [0.1, 0.15) is 0 Å². The second kappa shape index (κ2) is 5.27. The molecule has 0 bridgehead atoms. The number of halogens is 3. The second-order valence-corrected chi connectivity index (χ2v) is 5.11. The summed E-state index contributed by atoms with van der Waals surface area (Å²) in [6.07, 6.45) is 0. The molecule has 0 atom stereocenters. The summed E-state index contributed by atoms with van der Waals surface area (Å²) in [5, 5.41) is 4.58. The molecule has 3 N–H and O–H groups in total. The maximum absolute atomic E-state index is 6.11. The number of anilines is 3. The zero-order valence-corrected chi connectivity index (χ0v) is 11.9. The fraction of sp³-hybridized carbons (Fsp3) is 0.0769. The summed E-state index contributed by atoms with van der Waals surface area (Å²) in [6, 6.07) is 8.93. The van der Waals surface area contributed by atoms with Crippen LogP contribution in [0.1, 0.15) is 5.56 Å². The van der Waals surface area contributed by atoms with Gasteiger partial charge in [-0.25, -0.2) is 0 Å². The van der Waals surface area contributed by atoms with Crippen LogP contribution in [0.3, 0.4) is 0 Å². The van der Waals surface area contributed by atoms with Gasteiger partial charge in [0.2, 0.25) is 0 Å². The van der Waals surface area contributed by atoms with Gasteiger partial charge in [-0.05, 0) is 36.8 Å². The fourth-order valence-electron chi connectivity index (χ4n) is 1.55. The molecule has 2 aromatic carbocycles. The quantitative estimate of drug-likeness (QED) is 0.585. The smallest absolute Gasteiger partial charge is 0.0656 e. The van der Waals surface area contributed by atoms with Crippen LogP contribution in [0.2, 0.25) is 15.1 Å². The molecule has 94 valence electrons. The van der Waals surface area contributed by atoms with Crippen molar-refractivity contribution in [3.05, 3.63) is 51.0 Å². The van der Waals surface area contributed by atoms with E-state index in [0.29, 0.717) is 20.8 Å². The minimum atomic E-state index is 0.427. The summed E-state index contributed by atoms with van der Waals surface area (Å²) in [5.41, 5.74) is 9.10. The van der Waals surface area contributed by atoms with E-state index in [4.69, 9.17) is 40.5 Å². The van der Waals surface area contributed by atoms with Crippen LogP contribution in [0.5, 0.6) is 0 Å². The average Bonchev–Trinajstić information content (AvgIpc) is 2.32. The van der Waals surface area contributed by atoms with Gasteiger partial charge < -0.3 is 11.1 Å². The number of nitrogens with one attached hydrogen (secondary N) is 1. The van der Waals surface area contributed by atoms with Crippen LogP contribution >= 0.6 is 34.8 Å². The van der Waals surface area contributed by atoms with Crippen molar-refractivity contribution < 1.29 is 0 Å². The Morgan fingerprint density at radius 2 is 1.61 bits per heavy atom. The summed E-state index contributed by atoms with van der Waals surface area (Å²) in [4.78, 5) is 0. The van der Waals surface area contributed by atoms with E-state index in [1.807, 2.05) is 25.1 Å². The molecule has 0 aliphatic rings. The van der Waals surface area contributed by atoms with Gasteiger partial charge in [-0.3, -0.25) is 0 Å². The van der Waals surface area contributed by atoms with Crippen LogP contribution in [0.15, 0.2) is 30.3 Å². The van der Waals surface area contributed by atoms with Crippen LogP contribution in [-0.4, -0.2) is 0 Å². The van der Waals surface area contributed by atoms with Gasteiger partial charge in [0, 0.05) is 11.4 Å². The monoisotopic (exact) mass is 300 g/mol. The van der Waals surface area contributed by atoms with Crippen molar-refractivity contribution in [2.24, 2.45) is 0 Å². The molecule has 0 aliphatic heterocycles. The predicted octanol–water partition coefficient (Wildman–Crippen LogP) is 5.28. The lowest BCUT2D eigenvalue weighted by molar-refractivity contribution is 1.43. The van der Waals surface area contributed by atoms with E-state index >= 15 is 0 Å². The number of rotatable bonds is 2. The first kappa shape index (κ1) is 13.3. The van der Waals surface area contributed by atoms with E-state index in [-0.39, 0.29) is 0 Å². The number of nitrogen functional groups attached to an aromatic ring is 1.